The lowest BCUT2D eigenvalue weighted by Gasteiger charge is -2.29. The molecule has 0 bridgehead atoms. The maximum Gasteiger partial charge on any atom is 0.335 e. The first-order chi connectivity index (χ1) is 17.9. The van der Waals surface area contributed by atoms with Crippen molar-refractivity contribution < 1.29 is 33.7 Å². The first kappa shape index (κ1) is 28.5. The van der Waals surface area contributed by atoms with Gasteiger partial charge in [-0.2, -0.15) is 0 Å². The summed E-state index contributed by atoms with van der Waals surface area (Å²) >= 11 is 0. The Morgan fingerprint density at radius 2 is 1.46 bits per heavy atom. The summed E-state index contributed by atoms with van der Waals surface area (Å²) in [7, 11) is 0. The van der Waals surface area contributed by atoms with Gasteiger partial charge < -0.3 is 19.7 Å². The average Bonchev–Trinajstić information content (AvgIpc) is 2.94. The zero-order valence-electron chi connectivity index (χ0n) is 21.3. The second kappa shape index (κ2) is 14.1. The van der Waals surface area contributed by atoms with Gasteiger partial charge in [0.25, 0.3) is 0 Å². The SMILES string of the molecule is C=C(CO)C(=O)OCC(COC(=O)C(=C)CO)c1ccc2cc(C3CCC(CCCF)CC3)ccc2c1. The number of esters is 2. The molecule has 2 N–H and O–H groups in total. The number of ether oxygens (including phenoxy) is 2. The highest BCUT2D eigenvalue weighted by Gasteiger charge is 2.23. The van der Waals surface area contributed by atoms with Gasteiger partial charge in [0.1, 0.15) is 13.2 Å². The van der Waals surface area contributed by atoms with Crippen molar-refractivity contribution in [2.75, 3.05) is 33.1 Å². The van der Waals surface area contributed by atoms with Crippen molar-refractivity contribution in [2.45, 2.75) is 50.4 Å². The number of hydrogen-bond donors (Lipinski definition) is 2. The molecule has 0 amide bonds. The number of carbonyl (C=O) groups excluding carboxylic acids is 2. The molecule has 200 valence electrons. The van der Waals surface area contributed by atoms with Crippen LogP contribution in [0.5, 0.6) is 0 Å². The molecule has 6 nitrogen and oxygen atoms in total. The highest BCUT2D eigenvalue weighted by molar-refractivity contribution is 5.88. The van der Waals surface area contributed by atoms with E-state index in [4.69, 9.17) is 19.7 Å². The van der Waals surface area contributed by atoms with E-state index in [2.05, 4.69) is 31.4 Å². The fourth-order valence-corrected chi connectivity index (χ4v) is 4.87. The summed E-state index contributed by atoms with van der Waals surface area (Å²) in [5.74, 6) is -0.753. The number of alkyl halides is 1. The Morgan fingerprint density at radius 1 is 0.892 bits per heavy atom. The Morgan fingerprint density at radius 3 is 2.03 bits per heavy atom. The van der Waals surface area contributed by atoms with Crippen LogP contribution in [0.4, 0.5) is 4.39 Å². The summed E-state index contributed by atoms with van der Waals surface area (Å²) in [5.41, 5.74) is 2.01. The quantitative estimate of drug-likeness (QED) is 0.286. The third-order valence-corrected chi connectivity index (χ3v) is 7.21. The van der Waals surface area contributed by atoms with E-state index in [9.17, 15) is 14.0 Å². The number of fused-ring (bicyclic) bond motifs is 1. The summed E-state index contributed by atoms with van der Waals surface area (Å²) < 4.78 is 23.1. The van der Waals surface area contributed by atoms with Gasteiger partial charge in [-0.05, 0) is 72.3 Å². The first-order valence-electron chi connectivity index (χ1n) is 12.9. The van der Waals surface area contributed by atoms with E-state index in [1.54, 1.807) is 0 Å². The molecule has 0 heterocycles. The minimum atomic E-state index is -0.719. The number of aliphatic hydroxyl groups is 2. The van der Waals surface area contributed by atoms with Gasteiger partial charge in [0.15, 0.2) is 0 Å². The second-order valence-electron chi connectivity index (χ2n) is 9.83. The molecule has 0 saturated heterocycles. The van der Waals surface area contributed by atoms with Crippen molar-refractivity contribution >= 4 is 22.7 Å². The number of carbonyl (C=O) groups is 2. The molecule has 0 spiro atoms. The minimum Gasteiger partial charge on any atom is -0.461 e. The largest absolute Gasteiger partial charge is 0.461 e. The Hall–Kier alpha value is -3.03. The van der Waals surface area contributed by atoms with Crippen molar-refractivity contribution in [3.05, 3.63) is 71.8 Å². The van der Waals surface area contributed by atoms with E-state index >= 15 is 0 Å². The van der Waals surface area contributed by atoms with Gasteiger partial charge in [-0.1, -0.05) is 49.6 Å². The third kappa shape index (κ3) is 7.98. The molecule has 1 saturated carbocycles. The average molecular weight is 513 g/mol. The van der Waals surface area contributed by atoms with Crippen LogP contribution in [0.2, 0.25) is 0 Å². The smallest absolute Gasteiger partial charge is 0.335 e. The van der Waals surface area contributed by atoms with Gasteiger partial charge in [0.05, 0.1) is 37.0 Å². The van der Waals surface area contributed by atoms with E-state index in [-0.39, 0.29) is 31.0 Å². The zero-order valence-corrected chi connectivity index (χ0v) is 21.3. The van der Waals surface area contributed by atoms with E-state index in [1.165, 1.54) is 5.56 Å². The predicted molar refractivity (Wildman–Crippen MR) is 141 cm³/mol. The molecule has 7 heteroatoms. The molecule has 0 aromatic heterocycles. The lowest BCUT2D eigenvalue weighted by Crippen LogP contribution is -2.21. The van der Waals surface area contributed by atoms with Gasteiger partial charge in [0, 0.05) is 0 Å². The van der Waals surface area contributed by atoms with Crippen molar-refractivity contribution in [1.82, 2.24) is 0 Å². The van der Waals surface area contributed by atoms with Crippen LogP contribution in [0.25, 0.3) is 10.8 Å². The first-order valence-corrected chi connectivity index (χ1v) is 12.9. The molecule has 1 aliphatic rings. The molecule has 2 aromatic rings. The second-order valence-corrected chi connectivity index (χ2v) is 9.83. The van der Waals surface area contributed by atoms with Crippen LogP contribution in [0.3, 0.4) is 0 Å². The van der Waals surface area contributed by atoms with Crippen LogP contribution in [-0.4, -0.2) is 55.3 Å². The third-order valence-electron chi connectivity index (χ3n) is 7.21. The van der Waals surface area contributed by atoms with Crippen LogP contribution >= 0.6 is 0 Å². The minimum absolute atomic E-state index is 0.0631. The van der Waals surface area contributed by atoms with Crippen LogP contribution in [0.15, 0.2) is 60.7 Å². The van der Waals surface area contributed by atoms with Crippen LogP contribution < -0.4 is 0 Å². The molecule has 1 aliphatic carbocycles. The standard InChI is InChI=1S/C30H37FO6/c1-20(16-32)29(34)36-18-28(19-37-30(35)21(2)17-33)27-12-11-25-14-24(9-10-26(25)15-27)23-7-5-22(6-8-23)4-3-13-31/h9-12,14-15,22-23,28,32-33H,1-8,13,16-19H2. The lowest BCUT2D eigenvalue weighted by atomic mass is 9.77. The lowest BCUT2D eigenvalue weighted by molar-refractivity contribution is -0.142. The van der Waals surface area contributed by atoms with Crippen LogP contribution in [0, 0.1) is 5.92 Å². The van der Waals surface area contributed by atoms with Crippen LogP contribution in [-0.2, 0) is 19.1 Å². The Kier molecular flexibility index (Phi) is 10.8. The molecule has 0 radical (unpaired) electrons. The van der Waals surface area contributed by atoms with Gasteiger partial charge in [-0.15, -0.1) is 0 Å². The van der Waals surface area contributed by atoms with E-state index in [0.29, 0.717) is 18.3 Å². The van der Waals surface area contributed by atoms with Crippen molar-refractivity contribution in [1.29, 1.82) is 0 Å². The number of halogens is 1. The Balaban J connectivity index is 1.73. The topological polar surface area (TPSA) is 93.1 Å². The zero-order chi connectivity index (χ0) is 26.8. The van der Waals surface area contributed by atoms with Gasteiger partial charge in [-0.3, -0.25) is 4.39 Å². The fraction of sp³-hybridized carbons (Fsp3) is 0.467. The summed E-state index contributed by atoms with van der Waals surface area (Å²) in [6, 6.07) is 12.4. The van der Waals surface area contributed by atoms with E-state index < -0.39 is 31.1 Å². The molecule has 37 heavy (non-hydrogen) atoms. The van der Waals surface area contributed by atoms with Gasteiger partial charge in [-0.25, -0.2) is 9.59 Å². The molecular weight excluding hydrogens is 475 g/mol. The highest BCUT2D eigenvalue weighted by atomic mass is 19.1. The molecule has 1 fully saturated rings. The molecule has 2 aromatic carbocycles. The van der Waals surface area contributed by atoms with Crippen molar-refractivity contribution in [3.63, 3.8) is 0 Å². The summed E-state index contributed by atoms with van der Waals surface area (Å²) in [5, 5.41) is 20.3. The summed E-state index contributed by atoms with van der Waals surface area (Å²) in [4.78, 5) is 24.0. The van der Waals surface area contributed by atoms with Gasteiger partial charge in [0.2, 0.25) is 0 Å². The summed E-state index contributed by atoms with van der Waals surface area (Å²) in [6.07, 6.45) is 6.19. The Labute approximate surface area is 217 Å². The monoisotopic (exact) mass is 512 g/mol. The normalized spacial score (nSPS) is 17.5. The van der Waals surface area contributed by atoms with Crippen molar-refractivity contribution in [3.8, 4) is 0 Å². The Bertz CT molecular complexity index is 1070. The van der Waals surface area contributed by atoms with E-state index in [0.717, 1.165) is 48.4 Å². The molecule has 0 unspecified atom stereocenters. The molecule has 0 aliphatic heterocycles. The molecule has 3 rings (SSSR count). The van der Waals surface area contributed by atoms with Crippen molar-refractivity contribution in [2.24, 2.45) is 5.92 Å². The van der Waals surface area contributed by atoms with E-state index in [1.807, 2.05) is 18.2 Å². The molecular formula is C30H37FO6. The predicted octanol–water partition coefficient (Wildman–Crippen LogP) is 5.13. The summed E-state index contributed by atoms with van der Waals surface area (Å²) in [6.45, 7) is 5.55. The maximum atomic E-state index is 12.5. The maximum absolute atomic E-state index is 12.5. The number of benzene rings is 2. The number of aliphatic hydroxyl groups excluding tert-OH is 2. The van der Waals surface area contributed by atoms with Crippen LogP contribution in [0.1, 0.15) is 61.5 Å². The van der Waals surface area contributed by atoms with Gasteiger partial charge >= 0.3 is 11.9 Å². The molecule has 0 atom stereocenters. The number of hydrogen-bond acceptors (Lipinski definition) is 6. The fourth-order valence-electron chi connectivity index (χ4n) is 4.87. The highest BCUT2D eigenvalue weighted by Crippen LogP contribution is 2.38. The number of rotatable bonds is 13.